The predicted molar refractivity (Wildman–Crippen MR) is 63.6 cm³/mol. The number of hydrogen-bond acceptors (Lipinski definition) is 2. The van der Waals surface area contributed by atoms with Gasteiger partial charge in [0.2, 0.25) is 0 Å². The van der Waals surface area contributed by atoms with Gasteiger partial charge >= 0.3 is 0 Å². The molecule has 1 aliphatic heterocycles. The smallest absolute Gasteiger partial charge is 0.119 e. The Labute approximate surface area is 91.9 Å². The number of methoxy groups -OCH3 is 1. The standard InChI is InChI=1S/C13H19NO/c1-10-4-5-11(2)14(10)12-6-8-13(15-3)9-7-12/h6-11H,4-5H2,1-3H3/t10-,11+. The molecule has 1 aliphatic rings. The Balaban J connectivity index is 2.21. The maximum atomic E-state index is 5.17. The fourth-order valence-electron chi connectivity index (χ4n) is 2.46. The van der Waals surface area contributed by atoms with E-state index in [0.717, 1.165) is 5.75 Å². The van der Waals surface area contributed by atoms with Crippen LogP contribution in [0, 0.1) is 0 Å². The number of rotatable bonds is 2. The summed E-state index contributed by atoms with van der Waals surface area (Å²) in [6.07, 6.45) is 2.60. The van der Waals surface area contributed by atoms with Gasteiger partial charge in [0.15, 0.2) is 0 Å². The molecule has 1 aromatic carbocycles. The van der Waals surface area contributed by atoms with E-state index in [1.165, 1.54) is 18.5 Å². The summed E-state index contributed by atoms with van der Waals surface area (Å²) in [6.45, 7) is 4.60. The number of nitrogens with zero attached hydrogens (tertiary/aromatic N) is 1. The van der Waals surface area contributed by atoms with Crippen molar-refractivity contribution in [2.24, 2.45) is 0 Å². The third-order valence-corrected chi connectivity index (χ3v) is 3.32. The molecule has 0 aliphatic carbocycles. The van der Waals surface area contributed by atoms with Gasteiger partial charge in [-0.05, 0) is 51.0 Å². The van der Waals surface area contributed by atoms with Crippen molar-refractivity contribution in [1.82, 2.24) is 0 Å². The van der Waals surface area contributed by atoms with Crippen LogP contribution in [-0.2, 0) is 0 Å². The number of hydrogen-bond donors (Lipinski definition) is 0. The van der Waals surface area contributed by atoms with Gasteiger partial charge in [0.25, 0.3) is 0 Å². The molecule has 1 aromatic rings. The minimum absolute atomic E-state index is 0.661. The Kier molecular flexibility index (Phi) is 2.85. The second-order valence-corrected chi connectivity index (χ2v) is 4.38. The van der Waals surface area contributed by atoms with E-state index in [-0.39, 0.29) is 0 Å². The van der Waals surface area contributed by atoms with Crippen molar-refractivity contribution in [2.75, 3.05) is 12.0 Å². The molecule has 2 nitrogen and oxygen atoms in total. The molecule has 1 heterocycles. The van der Waals surface area contributed by atoms with Crippen molar-refractivity contribution in [3.63, 3.8) is 0 Å². The van der Waals surface area contributed by atoms with E-state index >= 15 is 0 Å². The first-order valence-electron chi connectivity index (χ1n) is 5.64. The lowest BCUT2D eigenvalue weighted by Gasteiger charge is -2.28. The maximum absolute atomic E-state index is 5.17. The van der Waals surface area contributed by atoms with Gasteiger partial charge in [0.1, 0.15) is 5.75 Å². The van der Waals surface area contributed by atoms with Gasteiger partial charge in [-0.3, -0.25) is 0 Å². The third-order valence-electron chi connectivity index (χ3n) is 3.32. The summed E-state index contributed by atoms with van der Waals surface area (Å²) >= 11 is 0. The van der Waals surface area contributed by atoms with Crippen LogP contribution >= 0.6 is 0 Å². The molecule has 0 spiro atoms. The largest absolute Gasteiger partial charge is 0.497 e. The third kappa shape index (κ3) is 1.94. The van der Waals surface area contributed by atoms with Crippen LogP contribution in [0.4, 0.5) is 5.69 Å². The van der Waals surface area contributed by atoms with Crippen molar-refractivity contribution in [2.45, 2.75) is 38.8 Å². The van der Waals surface area contributed by atoms with Gasteiger partial charge in [0, 0.05) is 17.8 Å². The first-order chi connectivity index (χ1) is 7.22. The molecule has 2 atom stereocenters. The molecule has 82 valence electrons. The average Bonchev–Trinajstić information content (AvgIpc) is 2.59. The van der Waals surface area contributed by atoms with E-state index in [1.54, 1.807) is 7.11 Å². The molecule has 0 amide bonds. The summed E-state index contributed by atoms with van der Waals surface area (Å²) in [5, 5.41) is 0. The van der Waals surface area contributed by atoms with Gasteiger partial charge < -0.3 is 9.64 Å². The number of benzene rings is 1. The maximum Gasteiger partial charge on any atom is 0.119 e. The van der Waals surface area contributed by atoms with Crippen molar-refractivity contribution in [3.8, 4) is 5.75 Å². The van der Waals surface area contributed by atoms with Gasteiger partial charge in [-0.1, -0.05) is 0 Å². The zero-order valence-corrected chi connectivity index (χ0v) is 9.73. The van der Waals surface area contributed by atoms with Crippen molar-refractivity contribution in [3.05, 3.63) is 24.3 Å². The first-order valence-corrected chi connectivity index (χ1v) is 5.64. The van der Waals surface area contributed by atoms with Crippen LogP contribution in [0.15, 0.2) is 24.3 Å². The lowest BCUT2D eigenvalue weighted by Crippen LogP contribution is -2.32. The molecule has 2 rings (SSSR count). The van der Waals surface area contributed by atoms with Crippen LogP contribution in [0.3, 0.4) is 0 Å². The second kappa shape index (κ2) is 4.13. The highest BCUT2D eigenvalue weighted by Crippen LogP contribution is 2.30. The van der Waals surface area contributed by atoms with Crippen molar-refractivity contribution >= 4 is 5.69 Å². The van der Waals surface area contributed by atoms with Crippen LogP contribution in [0.5, 0.6) is 5.75 Å². The molecule has 2 heteroatoms. The SMILES string of the molecule is COc1ccc(N2[C@H](C)CC[C@@H]2C)cc1. The lowest BCUT2D eigenvalue weighted by molar-refractivity contribution is 0.415. The van der Waals surface area contributed by atoms with Gasteiger partial charge in [-0.2, -0.15) is 0 Å². The molecule has 0 saturated carbocycles. The van der Waals surface area contributed by atoms with Crippen molar-refractivity contribution in [1.29, 1.82) is 0 Å². The van der Waals surface area contributed by atoms with Crippen LogP contribution in [0.2, 0.25) is 0 Å². The van der Waals surface area contributed by atoms with Gasteiger partial charge in [0.05, 0.1) is 7.11 Å². The van der Waals surface area contributed by atoms with Crippen LogP contribution in [0.25, 0.3) is 0 Å². The topological polar surface area (TPSA) is 12.5 Å². The average molecular weight is 205 g/mol. The Morgan fingerprint density at radius 3 is 2.07 bits per heavy atom. The Morgan fingerprint density at radius 2 is 1.60 bits per heavy atom. The molecule has 0 aromatic heterocycles. The molecule has 0 radical (unpaired) electrons. The summed E-state index contributed by atoms with van der Waals surface area (Å²) in [5.41, 5.74) is 1.31. The molecule has 15 heavy (non-hydrogen) atoms. The quantitative estimate of drug-likeness (QED) is 0.735. The number of ether oxygens (including phenoxy) is 1. The Morgan fingerprint density at radius 1 is 1.07 bits per heavy atom. The minimum Gasteiger partial charge on any atom is -0.497 e. The van der Waals surface area contributed by atoms with E-state index in [2.05, 4.69) is 30.9 Å². The molecule has 0 unspecified atom stereocenters. The van der Waals surface area contributed by atoms with E-state index in [1.807, 2.05) is 12.1 Å². The molecule has 1 saturated heterocycles. The normalized spacial score (nSPS) is 25.7. The predicted octanol–water partition coefficient (Wildman–Crippen LogP) is 3.07. The van der Waals surface area contributed by atoms with Gasteiger partial charge in [-0.15, -0.1) is 0 Å². The molecular weight excluding hydrogens is 186 g/mol. The summed E-state index contributed by atoms with van der Waals surface area (Å²) in [4.78, 5) is 2.50. The molecular formula is C13H19NO. The van der Waals surface area contributed by atoms with Crippen LogP contribution < -0.4 is 9.64 Å². The van der Waals surface area contributed by atoms with E-state index in [4.69, 9.17) is 4.74 Å². The zero-order chi connectivity index (χ0) is 10.8. The Hall–Kier alpha value is -1.18. The van der Waals surface area contributed by atoms with Crippen LogP contribution in [0.1, 0.15) is 26.7 Å². The molecule has 1 fully saturated rings. The summed E-state index contributed by atoms with van der Waals surface area (Å²) < 4.78 is 5.17. The highest BCUT2D eigenvalue weighted by atomic mass is 16.5. The highest BCUT2D eigenvalue weighted by Gasteiger charge is 2.26. The minimum atomic E-state index is 0.661. The summed E-state index contributed by atoms with van der Waals surface area (Å²) in [6, 6.07) is 9.69. The zero-order valence-electron chi connectivity index (χ0n) is 9.73. The summed E-state index contributed by atoms with van der Waals surface area (Å²) in [5.74, 6) is 0.929. The fourth-order valence-corrected chi connectivity index (χ4v) is 2.46. The van der Waals surface area contributed by atoms with E-state index in [9.17, 15) is 0 Å². The highest BCUT2D eigenvalue weighted by molar-refractivity contribution is 5.51. The molecule has 0 N–H and O–H groups in total. The monoisotopic (exact) mass is 205 g/mol. The lowest BCUT2D eigenvalue weighted by atomic mass is 10.2. The van der Waals surface area contributed by atoms with E-state index < -0.39 is 0 Å². The Bertz CT molecular complexity index is 310. The van der Waals surface area contributed by atoms with Crippen LogP contribution in [-0.4, -0.2) is 19.2 Å². The second-order valence-electron chi connectivity index (χ2n) is 4.38. The van der Waals surface area contributed by atoms with Crippen molar-refractivity contribution < 1.29 is 4.74 Å². The summed E-state index contributed by atoms with van der Waals surface area (Å²) in [7, 11) is 1.70. The molecule has 0 bridgehead atoms. The number of anilines is 1. The van der Waals surface area contributed by atoms with Gasteiger partial charge in [-0.25, -0.2) is 0 Å². The first kappa shape index (κ1) is 10.3. The van der Waals surface area contributed by atoms with E-state index in [0.29, 0.717) is 12.1 Å². The fraction of sp³-hybridized carbons (Fsp3) is 0.538.